The number of hydrogen-bond acceptors (Lipinski definition) is 1. The van der Waals surface area contributed by atoms with Gasteiger partial charge in [0.05, 0.1) is 17.2 Å². The topological polar surface area (TPSA) is 9.23 Å². The van der Waals surface area contributed by atoms with Gasteiger partial charge in [0.2, 0.25) is 0 Å². The van der Waals surface area contributed by atoms with E-state index in [4.69, 9.17) is 16.3 Å². The summed E-state index contributed by atoms with van der Waals surface area (Å²) in [7, 11) is 0. The smallest absolute Gasteiger partial charge is 0.419 e. The molecule has 1 rings (SSSR count). The van der Waals surface area contributed by atoms with Gasteiger partial charge < -0.3 is 4.74 Å². The summed E-state index contributed by atoms with van der Waals surface area (Å²) in [6.07, 6.45) is -4.78. The number of hydrogen-bond donors (Lipinski definition) is 0. The summed E-state index contributed by atoms with van der Waals surface area (Å²) >= 11 is 5.31. The Morgan fingerprint density at radius 3 is 2.40 bits per heavy atom. The lowest BCUT2D eigenvalue weighted by Crippen LogP contribution is -2.09. The molecule has 84 valence electrons. The van der Waals surface area contributed by atoms with E-state index in [0.717, 1.165) is 6.07 Å². The fraction of sp³-hybridized carbons (Fsp3) is 0.333. The van der Waals surface area contributed by atoms with E-state index in [1.54, 1.807) is 6.92 Å². The Kier molecular flexibility index (Phi) is 3.44. The maximum Gasteiger partial charge on any atom is 0.419 e. The van der Waals surface area contributed by atoms with Crippen molar-refractivity contribution in [2.45, 2.75) is 13.1 Å². The highest BCUT2D eigenvalue weighted by Crippen LogP contribution is 2.36. The molecular weight excluding hydrogens is 236 g/mol. The average Bonchev–Trinajstić information content (AvgIpc) is 2.09. The van der Waals surface area contributed by atoms with Crippen LogP contribution >= 0.6 is 11.6 Å². The van der Waals surface area contributed by atoms with E-state index in [2.05, 4.69) is 0 Å². The van der Waals surface area contributed by atoms with E-state index < -0.39 is 22.6 Å². The van der Waals surface area contributed by atoms with Crippen LogP contribution in [-0.2, 0) is 6.18 Å². The van der Waals surface area contributed by atoms with E-state index in [1.165, 1.54) is 0 Å². The zero-order valence-corrected chi connectivity index (χ0v) is 8.42. The minimum absolute atomic E-state index is 0.101. The highest BCUT2D eigenvalue weighted by Gasteiger charge is 2.35. The molecule has 0 heterocycles. The zero-order chi connectivity index (χ0) is 11.6. The molecule has 0 bridgehead atoms. The largest absolute Gasteiger partial charge is 0.494 e. The highest BCUT2D eigenvalue weighted by atomic mass is 35.5. The molecule has 1 aromatic carbocycles. The molecule has 0 N–H and O–H groups in total. The van der Waals surface area contributed by atoms with Crippen LogP contribution in [0.25, 0.3) is 0 Å². The lowest BCUT2D eigenvalue weighted by atomic mass is 10.2. The van der Waals surface area contributed by atoms with Crippen LogP contribution in [-0.4, -0.2) is 6.61 Å². The van der Waals surface area contributed by atoms with Crippen molar-refractivity contribution in [3.8, 4) is 5.75 Å². The van der Waals surface area contributed by atoms with Crippen LogP contribution in [0.1, 0.15) is 12.5 Å². The monoisotopic (exact) mass is 242 g/mol. The Hall–Kier alpha value is -0.970. The predicted molar refractivity (Wildman–Crippen MR) is 47.6 cm³/mol. The number of halogens is 5. The Morgan fingerprint density at radius 1 is 1.33 bits per heavy atom. The van der Waals surface area contributed by atoms with E-state index in [0.29, 0.717) is 6.07 Å². The van der Waals surface area contributed by atoms with Gasteiger partial charge in [0, 0.05) is 6.07 Å². The van der Waals surface area contributed by atoms with Crippen LogP contribution in [0.4, 0.5) is 17.6 Å². The average molecular weight is 243 g/mol. The minimum atomic E-state index is -4.78. The Labute approximate surface area is 88.6 Å². The predicted octanol–water partition coefficient (Wildman–Crippen LogP) is 3.90. The molecule has 0 amide bonds. The van der Waals surface area contributed by atoms with Crippen LogP contribution in [0.2, 0.25) is 5.02 Å². The zero-order valence-electron chi connectivity index (χ0n) is 7.66. The number of rotatable bonds is 2. The summed E-state index contributed by atoms with van der Waals surface area (Å²) in [5, 5.41) is -0.603. The summed E-state index contributed by atoms with van der Waals surface area (Å²) in [6, 6.07) is 1.60. The lowest BCUT2D eigenvalue weighted by Gasteiger charge is -2.11. The van der Waals surface area contributed by atoms with Crippen molar-refractivity contribution >= 4 is 11.6 Å². The van der Waals surface area contributed by atoms with E-state index in [1.807, 2.05) is 0 Å². The molecule has 0 aliphatic rings. The molecule has 0 radical (unpaired) electrons. The van der Waals surface area contributed by atoms with E-state index in [9.17, 15) is 17.6 Å². The second kappa shape index (κ2) is 4.26. The van der Waals surface area contributed by atoms with Crippen molar-refractivity contribution in [2.75, 3.05) is 6.61 Å². The Bertz CT molecular complexity index is 362. The molecule has 0 unspecified atom stereocenters. The van der Waals surface area contributed by atoms with Crippen LogP contribution in [0.15, 0.2) is 12.1 Å². The van der Waals surface area contributed by atoms with Crippen LogP contribution in [0.5, 0.6) is 5.75 Å². The molecule has 0 spiro atoms. The SMILES string of the molecule is CCOc1cc(Cl)c(F)c(C(F)(F)F)c1. The van der Waals surface area contributed by atoms with Crippen molar-refractivity contribution < 1.29 is 22.3 Å². The van der Waals surface area contributed by atoms with Gasteiger partial charge in [-0.05, 0) is 13.0 Å². The van der Waals surface area contributed by atoms with Gasteiger partial charge in [0.15, 0.2) is 5.82 Å². The molecule has 0 aromatic heterocycles. The van der Waals surface area contributed by atoms with Crippen LogP contribution in [0.3, 0.4) is 0 Å². The summed E-state index contributed by atoms with van der Waals surface area (Å²) in [5.41, 5.74) is -1.42. The summed E-state index contributed by atoms with van der Waals surface area (Å²) in [5.74, 6) is -1.58. The lowest BCUT2D eigenvalue weighted by molar-refractivity contribution is -0.140. The molecule has 15 heavy (non-hydrogen) atoms. The number of ether oxygens (including phenoxy) is 1. The van der Waals surface area contributed by atoms with Gasteiger partial charge >= 0.3 is 6.18 Å². The first kappa shape index (κ1) is 12.1. The van der Waals surface area contributed by atoms with Crippen molar-refractivity contribution in [3.05, 3.63) is 28.5 Å². The standard InChI is InChI=1S/C9H7ClF4O/c1-2-15-5-3-6(9(12,13)14)8(11)7(10)4-5/h3-4H,2H2,1H3. The minimum Gasteiger partial charge on any atom is -0.494 e. The van der Waals surface area contributed by atoms with Crippen LogP contribution in [0, 0.1) is 5.82 Å². The summed E-state index contributed by atoms with van der Waals surface area (Å²) < 4.78 is 54.7. The first-order chi connectivity index (χ1) is 6.86. The van der Waals surface area contributed by atoms with Gasteiger partial charge in [-0.15, -0.1) is 0 Å². The van der Waals surface area contributed by atoms with E-state index in [-0.39, 0.29) is 12.4 Å². The molecule has 1 nitrogen and oxygen atoms in total. The third-order valence-electron chi connectivity index (χ3n) is 1.62. The van der Waals surface area contributed by atoms with Gasteiger partial charge in [0.1, 0.15) is 5.75 Å². The van der Waals surface area contributed by atoms with Crippen molar-refractivity contribution in [2.24, 2.45) is 0 Å². The molecule has 0 aliphatic carbocycles. The maximum atomic E-state index is 13.0. The van der Waals surface area contributed by atoms with Gasteiger partial charge in [-0.1, -0.05) is 11.6 Å². The van der Waals surface area contributed by atoms with Gasteiger partial charge in [-0.3, -0.25) is 0 Å². The molecular formula is C9H7ClF4O. The normalized spacial score (nSPS) is 11.6. The molecule has 0 atom stereocenters. The first-order valence-corrected chi connectivity index (χ1v) is 4.43. The first-order valence-electron chi connectivity index (χ1n) is 4.05. The Morgan fingerprint density at radius 2 is 1.93 bits per heavy atom. The number of benzene rings is 1. The number of alkyl halides is 3. The fourth-order valence-corrected chi connectivity index (χ4v) is 1.23. The van der Waals surface area contributed by atoms with Gasteiger partial charge in [-0.2, -0.15) is 13.2 Å². The third kappa shape index (κ3) is 2.75. The van der Waals surface area contributed by atoms with Crippen molar-refractivity contribution in [1.29, 1.82) is 0 Å². The second-order valence-corrected chi connectivity index (χ2v) is 3.10. The molecule has 0 aliphatic heterocycles. The van der Waals surface area contributed by atoms with Gasteiger partial charge in [-0.25, -0.2) is 4.39 Å². The Balaban J connectivity index is 3.25. The van der Waals surface area contributed by atoms with Crippen LogP contribution < -0.4 is 4.74 Å². The molecule has 6 heteroatoms. The fourth-order valence-electron chi connectivity index (χ4n) is 1.02. The molecule has 0 saturated heterocycles. The van der Waals surface area contributed by atoms with Crippen molar-refractivity contribution in [1.82, 2.24) is 0 Å². The third-order valence-corrected chi connectivity index (χ3v) is 1.89. The quantitative estimate of drug-likeness (QED) is 0.715. The van der Waals surface area contributed by atoms with Crippen molar-refractivity contribution in [3.63, 3.8) is 0 Å². The molecule has 0 fully saturated rings. The van der Waals surface area contributed by atoms with E-state index >= 15 is 0 Å². The maximum absolute atomic E-state index is 13.0. The second-order valence-electron chi connectivity index (χ2n) is 2.70. The summed E-state index contributed by atoms with van der Waals surface area (Å²) in [4.78, 5) is 0. The summed E-state index contributed by atoms with van der Waals surface area (Å²) in [6.45, 7) is 1.78. The molecule has 0 saturated carbocycles. The molecule has 1 aromatic rings. The van der Waals surface area contributed by atoms with Gasteiger partial charge in [0.25, 0.3) is 0 Å². The highest BCUT2D eigenvalue weighted by molar-refractivity contribution is 6.31.